The van der Waals surface area contributed by atoms with Crippen LogP contribution in [0.5, 0.6) is 5.75 Å². The number of carbonyl (C=O) groups is 2. The Bertz CT molecular complexity index is 1360. The van der Waals surface area contributed by atoms with Crippen LogP contribution in [0.4, 0.5) is 26.2 Å². The van der Waals surface area contributed by atoms with Crippen molar-refractivity contribution >= 4 is 62.3 Å². The first kappa shape index (κ1) is 23.5. The monoisotopic (exact) mass is 496 g/mol. The Balaban J connectivity index is 1.34. The summed E-state index contributed by atoms with van der Waals surface area (Å²) in [6.45, 7) is 1.66. The van der Waals surface area contributed by atoms with E-state index < -0.39 is 6.03 Å². The summed E-state index contributed by atoms with van der Waals surface area (Å²) in [4.78, 5) is 29.1. The first-order chi connectivity index (χ1) is 16.4. The molecule has 0 radical (unpaired) electrons. The maximum atomic E-state index is 13.7. The zero-order valence-corrected chi connectivity index (χ0v) is 20.0. The fraction of sp³-hybridized carbons (Fsp3) is 0.125. The summed E-state index contributed by atoms with van der Waals surface area (Å²) < 4.78 is 20.5. The molecule has 10 heteroatoms. The fourth-order valence-electron chi connectivity index (χ4n) is 3.03. The van der Waals surface area contributed by atoms with E-state index >= 15 is 0 Å². The highest BCUT2D eigenvalue weighted by atomic mass is 32.2. The van der Waals surface area contributed by atoms with Crippen LogP contribution >= 0.6 is 23.1 Å². The van der Waals surface area contributed by atoms with Crippen molar-refractivity contribution in [2.75, 3.05) is 28.8 Å². The smallest absolute Gasteiger partial charge is 0.323 e. The molecule has 0 bridgehead atoms. The molecule has 3 amide bonds. The third-order valence-corrected chi connectivity index (χ3v) is 6.90. The number of hydrogen-bond acceptors (Lipinski definition) is 6. The van der Waals surface area contributed by atoms with Crippen molar-refractivity contribution in [1.29, 1.82) is 0 Å². The van der Waals surface area contributed by atoms with E-state index in [-0.39, 0.29) is 17.5 Å². The molecule has 4 aromatic rings. The predicted molar refractivity (Wildman–Crippen MR) is 136 cm³/mol. The number of hydrogen-bond donors (Lipinski definition) is 3. The van der Waals surface area contributed by atoms with Crippen molar-refractivity contribution in [2.24, 2.45) is 0 Å². The summed E-state index contributed by atoms with van der Waals surface area (Å²) in [6, 6.07) is 16.5. The van der Waals surface area contributed by atoms with Gasteiger partial charge in [-0.25, -0.2) is 14.2 Å². The number of urea groups is 1. The number of fused-ring (bicyclic) bond motifs is 1. The number of thioether (sulfide) groups is 1. The topological polar surface area (TPSA) is 92.3 Å². The summed E-state index contributed by atoms with van der Waals surface area (Å²) in [7, 11) is 1.57. The maximum absolute atomic E-state index is 13.7. The minimum atomic E-state index is -0.476. The number of benzene rings is 3. The molecule has 1 aromatic heterocycles. The molecular formula is C24H21FN4O3S2. The fourth-order valence-corrected chi connectivity index (χ4v) is 4.94. The molecule has 1 heterocycles. The zero-order chi connectivity index (χ0) is 24.1. The average molecular weight is 497 g/mol. The van der Waals surface area contributed by atoms with E-state index in [4.69, 9.17) is 4.74 Å². The lowest BCUT2D eigenvalue weighted by molar-refractivity contribution is -0.113. The molecule has 34 heavy (non-hydrogen) atoms. The normalized spacial score (nSPS) is 10.7. The Hall–Kier alpha value is -3.63. The first-order valence-corrected chi connectivity index (χ1v) is 12.0. The van der Waals surface area contributed by atoms with Crippen LogP contribution in [0.15, 0.2) is 65.0 Å². The van der Waals surface area contributed by atoms with Crippen molar-refractivity contribution in [3.05, 3.63) is 72.0 Å². The third kappa shape index (κ3) is 6.03. The van der Waals surface area contributed by atoms with Crippen molar-refractivity contribution < 1.29 is 18.7 Å². The summed E-state index contributed by atoms with van der Waals surface area (Å²) in [5.41, 5.74) is 2.89. The summed E-state index contributed by atoms with van der Waals surface area (Å²) in [5.74, 6) is 0.341. The third-order valence-electron chi connectivity index (χ3n) is 4.74. The number of nitrogens with zero attached hydrogens (tertiary/aromatic N) is 1. The second-order valence-corrected chi connectivity index (χ2v) is 9.53. The molecule has 0 saturated heterocycles. The first-order valence-electron chi connectivity index (χ1n) is 10.2. The highest BCUT2D eigenvalue weighted by molar-refractivity contribution is 8.01. The van der Waals surface area contributed by atoms with E-state index in [1.165, 1.54) is 29.2 Å². The van der Waals surface area contributed by atoms with Crippen LogP contribution in [-0.4, -0.2) is 29.8 Å². The number of nitrogens with one attached hydrogen (secondary N) is 3. The average Bonchev–Trinajstić information content (AvgIpc) is 3.22. The van der Waals surface area contributed by atoms with Gasteiger partial charge in [-0.05, 0) is 55.0 Å². The van der Waals surface area contributed by atoms with Gasteiger partial charge in [-0.2, -0.15) is 0 Å². The Morgan fingerprint density at radius 1 is 1.00 bits per heavy atom. The second-order valence-electron chi connectivity index (χ2n) is 7.27. The molecule has 174 valence electrons. The molecule has 0 atom stereocenters. The highest BCUT2D eigenvalue weighted by Crippen LogP contribution is 2.31. The van der Waals surface area contributed by atoms with Gasteiger partial charge in [0.15, 0.2) is 4.34 Å². The summed E-state index contributed by atoms with van der Waals surface area (Å²) in [5, 5.41) is 8.19. The largest absolute Gasteiger partial charge is 0.497 e. The molecule has 0 aliphatic heterocycles. The molecule has 0 spiro atoms. The minimum Gasteiger partial charge on any atom is -0.497 e. The summed E-state index contributed by atoms with van der Waals surface area (Å²) in [6.07, 6.45) is 0. The van der Waals surface area contributed by atoms with Crippen molar-refractivity contribution in [3.63, 3.8) is 0 Å². The molecule has 0 saturated carbocycles. The predicted octanol–water partition coefficient (Wildman–Crippen LogP) is 6.13. The molecule has 0 aliphatic rings. The number of thiazole rings is 1. The lowest BCUT2D eigenvalue weighted by Crippen LogP contribution is -2.19. The van der Waals surface area contributed by atoms with Crippen LogP contribution in [0, 0.1) is 12.7 Å². The van der Waals surface area contributed by atoms with E-state index in [9.17, 15) is 14.0 Å². The zero-order valence-electron chi connectivity index (χ0n) is 18.3. The number of anilines is 3. The molecule has 3 aromatic carbocycles. The highest BCUT2D eigenvalue weighted by Gasteiger charge is 2.11. The van der Waals surface area contributed by atoms with E-state index in [0.717, 1.165) is 14.6 Å². The van der Waals surface area contributed by atoms with E-state index in [2.05, 4.69) is 20.9 Å². The lowest BCUT2D eigenvalue weighted by Gasteiger charge is -2.08. The van der Waals surface area contributed by atoms with Gasteiger partial charge >= 0.3 is 6.03 Å². The molecule has 7 nitrogen and oxygen atoms in total. The number of ether oxygens (including phenoxy) is 1. The van der Waals surface area contributed by atoms with Gasteiger partial charge in [0.25, 0.3) is 0 Å². The van der Waals surface area contributed by atoms with Gasteiger partial charge in [0.2, 0.25) is 5.91 Å². The van der Waals surface area contributed by atoms with Crippen LogP contribution in [-0.2, 0) is 4.79 Å². The number of rotatable bonds is 7. The minimum absolute atomic E-state index is 0.149. The standard InChI is InChI=1S/C24H21FN4O3S2/c1-14-6-7-16(11-19(14)25)27-23(31)28-17-8-9-20-21(12-17)34-24(29-20)33-13-22(30)26-15-4-3-5-18(10-15)32-2/h3-12H,13H2,1-2H3,(H,26,30)(H2,27,28,31). The molecule has 0 aliphatic carbocycles. The molecule has 0 unspecified atom stereocenters. The van der Waals surface area contributed by atoms with Gasteiger partial charge in [-0.15, -0.1) is 11.3 Å². The second kappa shape index (κ2) is 10.5. The van der Waals surface area contributed by atoms with E-state index in [1.54, 1.807) is 62.6 Å². The number of aryl methyl sites for hydroxylation is 1. The van der Waals surface area contributed by atoms with Gasteiger partial charge in [0.1, 0.15) is 11.6 Å². The van der Waals surface area contributed by atoms with Crippen LogP contribution in [0.25, 0.3) is 10.2 Å². The number of aromatic nitrogens is 1. The van der Waals surface area contributed by atoms with Gasteiger partial charge in [0, 0.05) is 23.1 Å². The number of amides is 3. The van der Waals surface area contributed by atoms with Crippen molar-refractivity contribution in [2.45, 2.75) is 11.3 Å². The van der Waals surface area contributed by atoms with Gasteiger partial charge in [-0.1, -0.05) is 23.9 Å². The van der Waals surface area contributed by atoms with Crippen LogP contribution in [0.2, 0.25) is 0 Å². The van der Waals surface area contributed by atoms with Crippen LogP contribution in [0.3, 0.4) is 0 Å². The SMILES string of the molecule is COc1cccc(NC(=O)CSc2nc3ccc(NC(=O)Nc4ccc(C)c(F)c4)cc3s2)c1. The van der Waals surface area contributed by atoms with Crippen molar-refractivity contribution in [3.8, 4) is 5.75 Å². The molecule has 0 fully saturated rings. The Kier molecular flexibility index (Phi) is 7.29. The Morgan fingerprint density at radius 3 is 2.50 bits per heavy atom. The van der Waals surface area contributed by atoms with E-state index in [0.29, 0.717) is 28.4 Å². The molecule has 4 rings (SSSR count). The number of halogens is 1. The number of carbonyl (C=O) groups excluding carboxylic acids is 2. The summed E-state index contributed by atoms with van der Waals surface area (Å²) >= 11 is 2.77. The van der Waals surface area contributed by atoms with Crippen LogP contribution in [0.1, 0.15) is 5.56 Å². The Labute approximate surface area is 203 Å². The molecular weight excluding hydrogens is 475 g/mol. The van der Waals surface area contributed by atoms with E-state index in [1.807, 2.05) is 6.07 Å². The quantitative estimate of drug-likeness (QED) is 0.268. The maximum Gasteiger partial charge on any atom is 0.323 e. The van der Waals surface area contributed by atoms with Gasteiger partial charge in [-0.3, -0.25) is 4.79 Å². The Morgan fingerprint density at radius 2 is 1.74 bits per heavy atom. The molecule has 3 N–H and O–H groups in total. The van der Waals surface area contributed by atoms with Gasteiger partial charge in [0.05, 0.1) is 23.1 Å². The van der Waals surface area contributed by atoms with Gasteiger partial charge < -0.3 is 20.7 Å². The number of methoxy groups -OCH3 is 1. The lowest BCUT2D eigenvalue weighted by atomic mass is 10.2. The van der Waals surface area contributed by atoms with Crippen LogP contribution < -0.4 is 20.7 Å². The van der Waals surface area contributed by atoms with Crippen molar-refractivity contribution in [1.82, 2.24) is 4.98 Å².